The first kappa shape index (κ1) is 17.0. The maximum atomic E-state index is 13.5. The van der Waals surface area contributed by atoms with Gasteiger partial charge in [-0.3, -0.25) is 19.4 Å². The van der Waals surface area contributed by atoms with Gasteiger partial charge in [0.25, 0.3) is 5.91 Å². The van der Waals surface area contributed by atoms with Crippen molar-refractivity contribution in [1.29, 1.82) is 0 Å². The number of carbonyl (C=O) groups is 2. The van der Waals surface area contributed by atoms with Gasteiger partial charge in [0.05, 0.1) is 17.9 Å². The maximum absolute atomic E-state index is 13.5. The monoisotopic (exact) mass is 381 g/mol. The van der Waals surface area contributed by atoms with Crippen molar-refractivity contribution >= 4 is 34.5 Å². The smallest absolute Gasteiger partial charge is 0.250 e. The van der Waals surface area contributed by atoms with E-state index >= 15 is 0 Å². The minimum absolute atomic E-state index is 0.0224. The molecule has 27 heavy (non-hydrogen) atoms. The van der Waals surface area contributed by atoms with Crippen LogP contribution in [0.4, 0.5) is 11.4 Å². The van der Waals surface area contributed by atoms with Gasteiger partial charge in [-0.1, -0.05) is 25.0 Å². The average molecular weight is 382 g/mol. The van der Waals surface area contributed by atoms with Gasteiger partial charge in [0.1, 0.15) is 5.54 Å². The molecule has 0 atom stereocenters. The van der Waals surface area contributed by atoms with Crippen molar-refractivity contribution in [2.24, 2.45) is 0 Å². The number of hydrogen-bond donors (Lipinski definition) is 1. The third kappa shape index (κ3) is 2.70. The Labute approximate surface area is 163 Å². The number of carbonyl (C=O) groups excluding carboxylic acids is 2. The molecule has 140 valence electrons. The van der Waals surface area contributed by atoms with E-state index in [0.717, 1.165) is 56.6 Å². The largest absolute Gasteiger partial charge is 0.322 e. The summed E-state index contributed by atoms with van der Waals surface area (Å²) in [5.41, 5.74) is 2.21. The molecule has 5 rings (SSSR count). The maximum Gasteiger partial charge on any atom is 0.250 e. The Hall–Kier alpha value is -2.18. The first-order chi connectivity index (χ1) is 13.2. The number of thiophene rings is 1. The van der Waals surface area contributed by atoms with E-state index in [0.29, 0.717) is 6.54 Å². The van der Waals surface area contributed by atoms with Gasteiger partial charge in [0.2, 0.25) is 5.91 Å². The summed E-state index contributed by atoms with van der Waals surface area (Å²) >= 11 is 1.81. The second kappa shape index (κ2) is 6.46. The molecular formula is C21H23N3O2S. The zero-order valence-electron chi connectivity index (χ0n) is 15.2. The van der Waals surface area contributed by atoms with Gasteiger partial charge in [-0.05, 0) is 48.4 Å². The Bertz CT molecular complexity index is 900. The molecule has 0 bridgehead atoms. The molecule has 0 saturated heterocycles. The molecule has 2 aromatic rings. The van der Waals surface area contributed by atoms with Crippen LogP contribution in [0.2, 0.25) is 0 Å². The van der Waals surface area contributed by atoms with E-state index in [2.05, 4.69) is 21.7 Å². The fourth-order valence-corrected chi connectivity index (χ4v) is 5.72. The third-order valence-corrected chi connectivity index (χ3v) is 7.19. The SMILES string of the molecule is O=C(CN1CCc2sccc2C1)N1c2ccccc2NC(=O)C12CCCC2. The standard InChI is InChI=1S/C21H23N3O2S/c25-19(14-23-11-7-18-15(13-23)8-12-27-18)24-17-6-2-1-5-16(17)22-20(26)21(24)9-3-4-10-21/h1-2,5-6,8,12H,3-4,7,9-11,13-14H2,(H,22,26). The van der Waals surface area contributed by atoms with Crippen molar-refractivity contribution in [2.45, 2.75) is 44.2 Å². The number of rotatable bonds is 2. The highest BCUT2D eigenvalue weighted by molar-refractivity contribution is 7.10. The lowest BCUT2D eigenvalue weighted by Crippen LogP contribution is -2.62. The lowest BCUT2D eigenvalue weighted by molar-refractivity contribution is -0.128. The van der Waals surface area contributed by atoms with Crippen molar-refractivity contribution in [3.8, 4) is 0 Å². The van der Waals surface area contributed by atoms with Crippen LogP contribution in [-0.2, 0) is 22.6 Å². The fourth-order valence-electron chi connectivity index (χ4n) is 4.83. The number of hydrogen-bond acceptors (Lipinski definition) is 4. The summed E-state index contributed by atoms with van der Waals surface area (Å²) in [7, 11) is 0. The van der Waals surface area contributed by atoms with Gasteiger partial charge in [0.15, 0.2) is 0 Å². The molecule has 1 spiro atoms. The van der Waals surface area contributed by atoms with E-state index in [1.165, 1.54) is 10.4 Å². The molecule has 3 aliphatic rings. The number of benzene rings is 1. The van der Waals surface area contributed by atoms with Crippen LogP contribution in [0.5, 0.6) is 0 Å². The molecule has 0 unspecified atom stereocenters. The minimum atomic E-state index is -0.714. The third-order valence-electron chi connectivity index (χ3n) is 6.17. The summed E-state index contributed by atoms with van der Waals surface area (Å²) in [5.74, 6) is 0.0173. The van der Waals surface area contributed by atoms with E-state index in [1.54, 1.807) is 11.3 Å². The first-order valence-corrected chi connectivity index (χ1v) is 10.6. The van der Waals surface area contributed by atoms with Crippen LogP contribution >= 0.6 is 11.3 Å². The summed E-state index contributed by atoms with van der Waals surface area (Å²) in [6.07, 6.45) is 4.46. The molecule has 1 fully saturated rings. The van der Waals surface area contributed by atoms with Gasteiger partial charge in [-0.2, -0.15) is 0 Å². The van der Waals surface area contributed by atoms with E-state index in [4.69, 9.17) is 0 Å². The van der Waals surface area contributed by atoms with Gasteiger partial charge in [-0.15, -0.1) is 11.3 Å². The highest BCUT2D eigenvalue weighted by Gasteiger charge is 2.52. The minimum Gasteiger partial charge on any atom is -0.322 e. The topological polar surface area (TPSA) is 52.7 Å². The summed E-state index contributed by atoms with van der Waals surface area (Å²) in [5, 5.41) is 5.18. The average Bonchev–Trinajstić information content (AvgIpc) is 3.32. The number of nitrogens with one attached hydrogen (secondary N) is 1. The predicted octanol–water partition coefficient (Wildman–Crippen LogP) is 3.40. The lowest BCUT2D eigenvalue weighted by atomic mass is 9.89. The van der Waals surface area contributed by atoms with Gasteiger partial charge < -0.3 is 5.32 Å². The van der Waals surface area contributed by atoms with Crippen LogP contribution in [-0.4, -0.2) is 35.3 Å². The fraction of sp³-hybridized carbons (Fsp3) is 0.429. The second-order valence-electron chi connectivity index (χ2n) is 7.77. The summed E-state index contributed by atoms with van der Waals surface area (Å²) < 4.78 is 0. The van der Waals surface area contributed by atoms with Crippen LogP contribution in [0.3, 0.4) is 0 Å². The van der Waals surface area contributed by atoms with Crippen LogP contribution in [0.1, 0.15) is 36.1 Å². The van der Waals surface area contributed by atoms with Crippen LogP contribution in [0.15, 0.2) is 35.7 Å². The predicted molar refractivity (Wildman–Crippen MR) is 107 cm³/mol. The molecule has 6 heteroatoms. The number of para-hydroxylation sites is 2. The Kier molecular flexibility index (Phi) is 4.06. The Morgan fingerprint density at radius 1 is 1.19 bits per heavy atom. The molecule has 1 aromatic heterocycles. The van der Waals surface area contributed by atoms with Crippen molar-refractivity contribution in [3.05, 3.63) is 46.2 Å². The number of fused-ring (bicyclic) bond motifs is 2. The summed E-state index contributed by atoms with van der Waals surface area (Å²) in [6.45, 7) is 2.08. The normalized spacial score (nSPS) is 21.0. The van der Waals surface area contributed by atoms with E-state index < -0.39 is 5.54 Å². The van der Waals surface area contributed by atoms with E-state index in [-0.39, 0.29) is 11.8 Å². The molecule has 1 aromatic carbocycles. The first-order valence-electron chi connectivity index (χ1n) is 9.68. The van der Waals surface area contributed by atoms with E-state index in [9.17, 15) is 9.59 Å². The molecule has 0 radical (unpaired) electrons. The van der Waals surface area contributed by atoms with Crippen molar-refractivity contribution in [2.75, 3.05) is 23.3 Å². The summed E-state index contributed by atoms with van der Waals surface area (Å²) in [6, 6.07) is 9.85. The quantitative estimate of drug-likeness (QED) is 0.867. The Morgan fingerprint density at radius 3 is 2.85 bits per heavy atom. The molecule has 2 aliphatic heterocycles. The molecule has 1 N–H and O–H groups in total. The second-order valence-corrected chi connectivity index (χ2v) is 8.77. The van der Waals surface area contributed by atoms with Crippen molar-refractivity contribution in [3.63, 3.8) is 0 Å². The number of amides is 2. The van der Waals surface area contributed by atoms with Crippen LogP contribution < -0.4 is 10.2 Å². The lowest BCUT2D eigenvalue weighted by Gasteiger charge is -2.45. The zero-order chi connectivity index (χ0) is 18.4. The molecular weight excluding hydrogens is 358 g/mol. The van der Waals surface area contributed by atoms with Gasteiger partial charge >= 0.3 is 0 Å². The highest BCUT2D eigenvalue weighted by atomic mass is 32.1. The van der Waals surface area contributed by atoms with Crippen molar-refractivity contribution in [1.82, 2.24) is 4.90 Å². The van der Waals surface area contributed by atoms with Crippen LogP contribution in [0.25, 0.3) is 0 Å². The Balaban J connectivity index is 1.46. The molecule has 2 amide bonds. The van der Waals surface area contributed by atoms with Gasteiger partial charge in [0, 0.05) is 18.0 Å². The zero-order valence-corrected chi connectivity index (χ0v) is 16.1. The number of anilines is 2. The van der Waals surface area contributed by atoms with Gasteiger partial charge in [-0.25, -0.2) is 0 Å². The van der Waals surface area contributed by atoms with Crippen molar-refractivity contribution < 1.29 is 9.59 Å². The molecule has 1 saturated carbocycles. The molecule has 1 aliphatic carbocycles. The Morgan fingerprint density at radius 2 is 2.00 bits per heavy atom. The molecule has 3 heterocycles. The molecule has 5 nitrogen and oxygen atoms in total. The van der Waals surface area contributed by atoms with E-state index in [1.807, 2.05) is 29.2 Å². The number of nitrogens with zero attached hydrogens (tertiary/aromatic N) is 2. The van der Waals surface area contributed by atoms with Crippen LogP contribution in [0, 0.1) is 0 Å². The summed E-state index contributed by atoms with van der Waals surface area (Å²) in [4.78, 5) is 32.0. The highest BCUT2D eigenvalue weighted by Crippen LogP contribution is 2.45.